The molecule has 6 nitrogen and oxygen atoms in total. The summed E-state index contributed by atoms with van der Waals surface area (Å²) in [5, 5.41) is 6.89. The highest BCUT2D eigenvalue weighted by Crippen LogP contribution is 2.32. The Kier molecular flexibility index (Phi) is 5.82. The third-order valence-electron chi connectivity index (χ3n) is 3.28. The van der Waals surface area contributed by atoms with E-state index in [9.17, 15) is 0 Å². The predicted octanol–water partition coefficient (Wildman–Crippen LogP) is 2.77. The number of carbonyl (C=O) groups is 1. The Morgan fingerprint density at radius 1 is 1.36 bits per heavy atom. The molecule has 2 heterocycles. The minimum Gasteiger partial charge on any atom is -0.483 e. The van der Waals surface area contributed by atoms with Crippen LogP contribution in [0.3, 0.4) is 0 Å². The number of hydrogen-bond acceptors (Lipinski definition) is 4. The van der Waals surface area contributed by atoms with Crippen LogP contribution in [0.15, 0.2) is 24.4 Å². The lowest BCUT2D eigenvalue weighted by Crippen LogP contribution is -1.93. The van der Waals surface area contributed by atoms with Crippen LogP contribution < -0.4 is 9.47 Å². The van der Waals surface area contributed by atoms with Crippen molar-refractivity contribution in [2.24, 2.45) is 0 Å². The minimum atomic E-state index is -0.250. The van der Waals surface area contributed by atoms with Crippen molar-refractivity contribution in [3.8, 4) is 11.5 Å². The summed E-state index contributed by atoms with van der Waals surface area (Å²) in [7, 11) is 0. The molecule has 0 radical (unpaired) electrons. The number of ether oxygens (including phenoxy) is 2. The molecule has 118 valence electrons. The van der Waals surface area contributed by atoms with Crippen molar-refractivity contribution in [3.63, 3.8) is 0 Å². The zero-order chi connectivity index (χ0) is 15.8. The molecule has 2 aromatic rings. The lowest BCUT2D eigenvalue weighted by atomic mass is 10.1. The number of nitrogens with one attached hydrogen (secondary N) is 1. The van der Waals surface area contributed by atoms with Crippen molar-refractivity contribution in [2.45, 2.75) is 32.6 Å². The number of fused-ring (bicyclic) bond motifs is 1. The van der Waals surface area contributed by atoms with E-state index in [1.54, 1.807) is 0 Å². The summed E-state index contributed by atoms with van der Waals surface area (Å²) in [6.45, 7) is 2.26. The van der Waals surface area contributed by atoms with Crippen molar-refractivity contribution in [3.05, 3.63) is 41.5 Å². The molecule has 0 atom stereocenters. The van der Waals surface area contributed by atoms with Crippen LogP contribution in [-0.2, 0) is 17.6 Å². The summed E-state index contributed by atoms with van der Waals surface area (Å²) < 4.78 is 10.7. The number of aromatic nitrogens is 2. The number of aryl methyl sites for hydroxylation is 1. The fourth-order valence-electron chi connectivity index (χ4n) is 2.24. The van der Waals surface area contributed by atoms with Gasteiger partial charge in [-0.3, -0.25) is 4.79 Å². The van der Waals surface area contributed by atoms with E-state index in [1.165, 1.54) is 18.4 Å². The van der Waals surface area contributed by atoms with Crippen molar-refractivity contribution in [1.29, 1.82) is 0 Å². The number of rotatable bonds is 5. The van der Waals surface area contributed by atoms with E-state index in [0.29, 0.717) is 6.79 Å². The number of imidazole rings is 1. The molecule has 2 N–H and O–H groups in total. The van der Waals surface area contributed by atoms with Gasteiger partial charge in [0.05, 0.1) is 0 Å². The Morgan fingerprint density at radius 3 is 2.91 bits per heavy atom. The van der Waals surface area contributed by atoms with E-state index in [-0.39, 0.29) is 6.47 Å². The molecule has 0 spiro atoms. The Morgan fingerprint density at radius 2 is 2.14 bits per heavy atom. The molecule has 3 rings (SSSR count). The SMILES string of the molecule is CCCCc1ncc(Cc2ccc3c(c2)OCO3)[nH]1.O=CO. The number of carboxylic acid groups (broad SMARTS) is 1. The van der Waals surface area contributed by atoms with Gasteiger partial charge in [0.1, 0.15) is 5.82 Å². The Labute approximate surface area is 129 Å². The molecule has 0 saturated heterocycles. The van der Waals surface area contributed by atoms with Crippen LogP contribution in [-0.4, -0.2) is 28.3 Å². The smallest absolute Gasteiger partial charge is 0.290 e. The van der Waals surface area contributed by atoms with Gasteiger partial charge in [-0.1, -0.05) is 19.4 Å². The third-order valence-corrected chi connectivity index (χ3v) is 3.28. The van der Waals surface area contributed by atoms with Gasteiger partial charge in [0.25, 0.3) is 6.47 Å². The number of H-pyrrole nitrogens is 1. The van der Waals surface area contributed by atoms with E-state index in [0.717, 1.165) is 35.9 Å². The molecule has 0 unspecified atom stereocenters. The molecule has 1 aliphatic heterocycles. The Bertz CT molecular complexity index is 610. The summed E-state index contributed by atoms with van der Waals surface area (Å²) in [5.74, 6) is 2.75. The van der Waals surface area contributed by atoms with Gasteiger partial charge >= 0.3 is 0 Å². The van der Waals surface area contributed by atoms with Crippen molar-refractivity contribution in [2.75, 3.05) is 6.79 Å². The van der Waals surface area contributed by atoms with Crippen LogP contribution in [0.25, 0.3) is 0 Å². The predicted molar refractivity (Wildman–Crippen MR) is 81.3 cm³/mol. The van der Waals surface area contributed by atoms with Crippen LogP contribution in [0, 0.1) is 0 Å². The van der Waals surface area contributed by atoms with Gasteiger partial charge in [-0.15, -0.1) is 0 Å². The zero-order valence-corrected chi connectivity index (χ0v) is 12.5. The summed E-state index contributed by atoms with van der Waals surface area (Å²) >= 11 is 0. The zero-order valence-electron chi connectivity index (χ0n) is 12.5. The van der Waals surface area contributed by atoms with Gasteiger partial charge in [-0.05, 0) is 24.1 Å². The molecule has 0 bridgehead atoms. The standard InChI is InChI=1S/C15H18N2O2.CH2O2/c1-2-3-4-15-16-9-12(17-15)7-11-5-6-13-14(8-11)19-10-18-13;2-1-3/h5-6,8-9H,2-4,7,10H2,1H3,(H,16,17);1H,(H,2,3). The van der Waals surface area contributed by atoms with Crippen molar-refractivity contribution < 1.29 is 19.4 Å². The average molecular weight is 304 g/mol. The van der Waals surface area contributed by atoms with E-state index in [4.69, 9.17) is 19.4 Å². The maximum absolute atomic E-state index is 8.36. The van der Waals surface area contributed by atoms with Crippen LogP contribution in [0.4, 0.5) is 0 Å². The quantitative estimate of drug-likeness (QED) is 0.830. The third kappa shape index (κ3) is 4.25. The lowest BCUT2D eigenvalue weighted by Gasteiger charge is -2.01. The molecular formula is C16H20N2O4. The largest absolute Gasteiger partial charge is 0.483 e. The molecule has 6 heteroatoms. The molecule has 0 aliphatic carbocycles. The molecule has 1 aromatic heterocycles. The molecular weight excluding hydrogens is 284 g/mol. The van der Waals surface area contributed by atoms with Gasteiger partial charge < -0.3 is 19.6 Å². The van der Waals surface area contributed by atoms with Crippen LogP contribution in [0.1, 0.15) is 36.8 Å². The van der Waals surface area contributed by atoms with E-state index in [1.807, 2.05) is 18.3 Å². The van der Waals surface area contributed by atoms with Gasteiger partial charge in [-0.2, -0.15) is 0 Å². The number of hydrogen-bond donors (Lipinski definition) is 2. The van der Waals surface area contributed by atoms with E-state index in [2.05, 4.69) is 23.0 Å². The first-order chi connectivity index (χ1) is 10.8. The van der Waals surface area contributed by atoms with E-state index >= 15 is 0 Å². The van der Waals surface area contributed by atoms with E-state index < -0.39 is 0 Å². The summed E-state index contributed by atoms with van der Waals surface area (Å²) in [4.78, 5) is 16.2. The molecule has 0 amide bonds. The highest BCUT2D eigenvalue weighted by atomic mass is 16.7. The van der Waals surface area contributed by atoms with Crippen LogP contribution in [0.5, 0.6) is 11.5 Å². The Balaban J connectivity index is 0.000000545. The number of nitrogens with zero attached hydrogens (tertiary/aromatic N) is 1. The second-order valence-corrected chi connectivity index (χ2v) is 4.93. The topological polar surface area (TPSA) is 84.4 Å². The molecule has 22 heavy (non-hydrogen) atoms. The van der Waals surface area contributed by atoms with Crippen LogP contribution >= 0.6 is 0 Å². The molecule has 0 fully saturated rings. The first kappa shape index (κ1) is 15.9. The fourth-order valence-corrected chi connectivity index (χ4v) is 2.24. The van der Waals surface area contributed by atoms with Crippen LogP contribution in [0.2, 0.25) is 0 Å². The summed E-state index contributed by atoms with van der Waals surface area (Å²) in [5.41, 5.74) is 2.35. The number of benzene rings is 1. The van der Waals surface area contributed by atoms with Crippen molar-refractivity contribution >= 4 is 6.47 Å². The maximum Gasteiger partial charge on any atom is 0.290 e. The number of aromatic amines is 1. The van der Waals surface area contributed by atoms with Gasteiger partial charge in [0.15, 0.2) is 11.5 Å². The monoisotopic (exact) mass is 304 g/mol. The average Bonchev–Trinajstić information content (AvgIpc) is 3.14. The summed E-state index contributed by atoms with van der Waals surface area (Å²) in [6, 6.07) is 6.07. The highest BCUT2D eigenvalue weighted by Gasteiger charge is 2.13. The summed E-state index contributed by atoms with van der Waals surface area (Å²) in [6.07, 6.45) is 6.16. The van der Waals surface area contributed by atoms with Gasteiger partial charge in [0.2, 0.25) is 6.79 Å². The minimum absolute atomic E-state index is 0.250. The second-order valence-electron chi connectivity index (χ2n) is 4.93. The molecule has 1 aliphatic rings. The number of unbranched alkanes of at least 4 members (excludes halogenated alkanes) is 1. The maximum atomic E-state index is 8.36. The van der Waals surface area contributed by atoms with Gasteiger partial charge in [-0.25, -0.2) is 4.98 Å². The molecule has 1 aromatic carbocycles. The highest BCUT2D eigenvalue weighted by molar-refractivity contribution is 5.45. The normalized spacial score (nSPS) is 11.7. The van der Waals surface area contributed by atoms with Crippen molar-refractivity contribution in [1.82, 2.24) is 9.97 Å². The fraction of sp³-hybridized carbons (Fsp3) is 0.375. The molecule has 0 saturated carbocycles. The van der Waals surface area contributed by atoms with Gasteiger partial charge in [0, 0.05) is 24.7 Å². The first-order valence-electron chi connectivity index (χ1n) is 7.26. The second kappa shape index (κ2) is 8.07. The lowest BCUT2D eigenvalue weighted by molar-refractivity contribution is -0.122. The Hall–Kier alpha value is -2.50. The first-order valence-corrected chi connectivity index (χ1v) is 7.26.